The second kappa shape index (κ2) is 3.68. The van der Waals surface area contributed by atoms with Crippen LogP contribution in [0.3, 0.4) is 0 Å². The number of para-hydroxylation sites is 1. The van der Waals surface area contributed by atoms with Crippen molar-refractivity contribution in [2.45, 2.75) is 19.9 Å². The van der Waals surface area contributed by atoms with E-state index >= 15 is 0 Å². The predicted molar refractivity (Wildman–Crippen MR) is 59.1 cm³/mol. The van der Waals surface area contributed by atoms with Crippen LogP contribution in [0.2, 0.25) is 0 Å². The lowest BCUT2D eigenvalue weighted by Crippen LogP contribution is -2.42. The molecule has 0 radical (unpaired) electrons. The third-order valence-electron chi connectivity index (χ3n) is 2.96. The Morgan fingerprint density at radius 1 is 1.44 bits per heavy atom. The number of rotatable bonds is 1. The molecule has 0 fully saturated rings. The molecular weight excluding hydrogens is 208 g/mol. The molecule has 0 saturated carbocycles. The maximum absolute atomic E-state index is 10.0. The average molecular weight is 223 g/mol. The van der Waals surface area contributed by atoms with E-state index in [9.17, 15) is 10.4 Å². The van der Waals surface area contributed by atoms with Gasteiger partial charge in [0.25, 0.3) is 0 Å². The Morgan fingerprint density at radius 2 is 2.12 bits per heavy atom. The molecule has 1 atom stereocenters. The second-order valence-electron chi connectivity index (χ2n) is 3.80. The van der Waals surface area contributed by atoms with Crippen molar-refractivity contribution in [2.75, 3.05) is 12.2 Å². The quantitative estimate of drug-likeness (QED) is 0.563. The zero-order valence-electron chi connectivity index (χ0n) is 9.51. The molecule has 1 unspecified atom stereocenters. The van der Waals surface area contributed by atoms with Crippen molar-refractivity contribution in [3.05, 3.63) is 18.2 Å². The molecule has 2 rings (SSSR count). The molecule has 0 bridgehead atoms. The third kappa shape index (κ3) is 1.32. The molecule has 5 heteroatoms. The molecule has 16 heavy (non-hydrogen) atoms. The summed E-state index contributed by atoms with van der Waals surface area (Å²) >= 11 is 0. The van der Waals surface area contributed by atoms with Gasteiger partial charge in [-0.1, -0.05) is 6.07 Å². The van der Waals surface area contributed by atoms with E-state index in [4.69, 9.17) is 4.74 Å². The van der Waals surface area contributed by atoms with Crippen molar-refractivity contribution in [1.29, 1.82) is 0 Å². The van der Waals surface area contributed by atoms with Gasteiger partial charge in [0.2, 0.25) is 5.71 Å². The molecule has 1 aliphatic heterocycles. The summed E-state index contributed by atoms with van der Waals surface area (Å²) in [5, 5.41) is 21.1. The van der Waals surface area contributed by atoms with Crippen molar-refractivity contribution in [3.63, 3.8) is 0 Å². The predicted octanol–water partition coefficient (Wildman–Crippen LogP) is 1.79. The largest absolute Gasteiger partial charge is 0.490 e. The number of benzene rings is 1. The highest BCUT2D eigenvalue weighted by molar-refractivity contribution is 5.90. The number of hydrogen-bond acceptors (Lipinski definition) is 4. The lowest BCUT2D eigenvalue weighted by Gasteiger charge is -2.26. The van der Waals surface area contributed by atoms with Crippen LogP contribution in [-0.4, -0.2) is 34.0 Å². The van der Waals surface area contributed by atoms with E-state index in [0.29, 0.717) is 22.8 Å². The summed E-state index contributed by atoms with van der Waals surface area (Å²) in [5.41, 5.74) is 1.63. The van der Waals surface area contributed by atoms with Gasteiger partial charge in [-0.3, -0.25) is 10.4 Å². The van der Waals surface area contributed by atoms with Crippen LogP contribution in [0.25, 0.3) is 0 Å². The number of nitrogens with zero attached hydrogens (tertiary/aromatic N) is 2. The summed E-state index contributed by atoms with van der Waals surface area (Å²) in [5.74, 6) is 0.519. The van der Waals surface area contributed by atoms with Crippen LogP contribution in [-0.2, 0) is 0 Å². The smallest absolute Gasteiger partial charge is 0.324 e. The Balaban J connectivity index is 2.71. The highest BCUT2D eigenvalue weighted by atomic mass is 16.5. The van der Waals surface area contributed by atoms with Crippen LogP contribution < -0.4 is 9.80 Å². The van der Waals surface area contributed by atoms with E-state index in [0.717, 1.165) is 9.80 Å². The van der Waals surface area contributed by atoms with Gasteiger partial charge >= 0.3 is 5.69 Å². The SMILES string of the molecule is COc1cccc2c1[N+](O)=C(C)C(C)N2O. The minimum atomic E-state index is -0.274. The Labute approximate surface area is 93.7 Å². The van der Waals surface area contributed by atoms with Gasteiger partial charge in [-0.25, -0.2) is 5.06 Å². The van der Waals surface area contributed by atoms with E-state index < -0.39 is 0 Å². The van der Waals surface area contributed by atoms with Crippen molar-refractivity contribution < 1.29 is 19.9 Å². The van der Waals surface area contributed by atoms with Gasteiger partial charge in [0, 0.05) is 11.7 Å². The lowest BCUT2D eigenvalue weighted by molar-refractivity contribution is -0.715. The molecule has 0 aliphatic carbocycles. The van der Waals surface area contributed by atoms with E-state index in [1.54, 1.807) is 32.0 Å². The number of methoxy groups -OCH3 is 1. The molecule has 1 aliphatic rings. The number of anilines is 1. The maximum Gasteiger partial charge on any atom is 0.324 e. The fourth-order valence-corrected chi connectivity index (χ4v) is 1.81. The molecule has 1 aromatic rings. The van der Waals surface area contributed by atoms with Crippen LogP contribution in [0.15, 0.2) is 18.2 Å². The molecule has 0 amide bonds. The Bertz CT molecular complexity index is 457. The number of hydrogen-bond donors (Lipinski definition) is 2. The van der Waals surface area contributed by atoms with Gasteiger partial charge in [0.15, 0.2) is 5.75 Å². The molecule has 0 aromatic heterocycles. The Kier molecular flexibility index (Phi) is 2.47. The van der Waals surface area contributed by atoms with Gasteiger partial charge in [-0.2, -0.15) is 0 Å². The molecule has 86 valence electrons. The van der Waals surface area contributed by atoms with Gasteiger partial charge in [0.1, 0.15) is 11.7 Å². The van der Waals surface area contributed by atoms with Crippen LogP contribution >= 0.6 is 0 Å². The topological polar surface area (TPSA) is 55.9 Å². The Hall–Kier alpha value is -1.75. The first-order valence-electron chi connectivity index (χ1n) is 5.05. The first-order chi connectivity index (χ1) is 7.57. The molecule has 0 spiro atoms. The van der Waals surface area contributed by atoms with E-state index in [1.807, 2.05) is 0 Å². The Morgan fingerprint density at radius 3 is 2.75 bits per heavy atom. The molecule has 5 nitrogen and oxygen atoms in total. The normalized spacial score (nSPS) is 19.8. The van der Waals surface area contributed by atoms with Gasteiger partial charge in [-0.15, -0.1) is 0 Å². The van der Waals surface area contributed by atoms with Gasteiger partial charge in [-0.05, 0) is 19.1 Å². The minimum Gasteiger partial charge on any atom is -0.490 e. The van der Waals surface area contributed by atoms with E-state index in [1.165, 1.54) is 7.11 Å². The molecule has 2 N–H and O–H groups in total. The van der Waals surface area contributed by atoms with Crippen molar-refractivity contribution >= 4 is 17.1 Å². The summed E-state index contributed by atoms with van der Waals surface area (Å²) in [6.07, 6.45) is 0. The monoisotopic (exact) mass is 223 g/mol. The highest BCUT2D eigenvalue weighted by Gasteiger charge is 2.37. The number of hydroxylamine groups is 1. The van der Waals surface area contributed by atoms with Crippen LogP contribution in [0.4, 0.5) is 11.4 Å². The lowest BCUT2D eigenvalue weighted by atomic mass is 10.1. The second-order valence-corrected chi connectivity index (χ2v) is 3.80. The van der Waals surface area contributed by atoms with E-state index in [2.05, 4.69) is 0 Å². The molecule has 1 aromatic carbocycles. The third-order valence-corrected chi connectivity index (χ3v) is 2.96. The zero-order valence-corrected chi connectivity index (χ0v) is 9.51. The fourth-order valence-electron chi connectivity index (χ4n) is 1.81. The summed E-state index contributed by atoms with van der Waals surface area (Å²) in [4.78, 5) is 0. The first kappa shape index (κ1) is 10.8. The van der Waals surface area contributed by atoms with Crippen molar-refractivity contribution in [1.82, 2.24) is 0 Å². The average Bonchev–Trinajstić information content (AvgIpc) is 2.32. The fraction of sp³-hybridized carbons (Fsp3) is 0.364. The van der Waals surface area contributed by atoms with Crippen molar-refractivity contribution in [3.8, 4) is 5.75 Å². The molecule has 0 saturated heterocycles. The van der Waals surface area contributed by atoms with Crippen LogP contribution in [0.5, 0.6) is 5.75 Å². The standard InChI is InChI=1S/C11H15N2O3/c1-7-8(2)13(15)11-9(12(7)14)5-4-6-10(11)16-3/h4-7,14-15H,1-3H3/q+1. The maximum atomic E-state index is 10.0. The highest BCUT2D eigenvalue weighted by Crippen LogP contribution is 2.39. The summed E-state index contributed by atoms with van der Waals surface area (Å²) in [6.45, 7) is 3.56. The van der Waals surface area contributed by atoms with Crippen LogP contribution in [0, 0.1) is 0 Å². The molecular formula is C11H15N2O3+. The first-order valence-corrected chi connectivity index (χ1v) is 5.05. The van der Waals surface area contributed by atoms with Crippen molar-refractivity contribution in [2.24, 2.45) is 0 Å². The minimum absolute atomic E-state index is 0.274. The number of ether oxygens (including phenoxy) is 1. The van der Waals surface area contributed by atoms with Gasteiger partial charge < -0.3 is 4.74 Å². The van der Waals surface area contributed by atoms with Gasteiger partial charge in [0.05, 0.1) is 7.11 Å². The number of fused-ring (bicyclic) bond motifs is 1. The van der Waals surface area contributed by atoms with Crippen LogP contribution in [0.1, 0.15) is 13.8 Å². The van der Waals surface area contributed by atoms with E-state index in [-0.39, 0.29) is 6.04 Å². The summed E-state index contributed by atoms with van der Waals surface area (Å²) in [6, 6.07) is 4.95. The summed E-state index contributed by atoms with van der Waals surface area (Å²) in [7, 11) is 1.53. The molecule has 1 heterocycles. The summed E-state index contributed by atoms with van der Waals surface area (Å²) < 4.78 is 6.22. The zero-order chi connectivity index (χ0) is 11.9.